The summed E-state index contributed by atoms with van der Waals surface area (Å²) in [5, 5.41) is 10.5. The topological polar surface area (TPSA) is 182 Å². The molecule has 1 atom stereocenters. The molecule has 4 amide bonds. The van der Waals surface area contributed by atoms with E-state index in [1.54, 1.807) is 32.8 Å². The summed E-state index contributed by atoms with van der Waals surface area (Å²) in [5.41, 5.74) is 7.14. The van der Waals surface area contributed by atoms with Crippen molar-refractivity contribution in [2.45, 2.75) is 95.6 Å². The van der Waals surface area contributed by atoms with Gasteiger partial charge in [-0.25, -0.2) is 9.97 Å². The number of nitrogens with zero attached hydrogens (tertiary/aromatic N) is 10. The number of likely N-dealkylation sites (tertiary alicyclic amines) is 2. The first-order valence-corrected chi connectivity index (χ1v) is 33.4. The van der Waals surface area contributed by atoms with Crippen LogP contribution in [0.5, 0.6) is 11.5 Å². The van der Waals surface area contributed by atoms with Gasteiger partial charge in [0.1, 0.15) is 11.5 Å². The summed E-state index contributed by atoms with van der Waals surface area (Å²) >= 11 is 1.52. The van der Waals surface area contributed by atoms with Crippen LogP contribution >= 0.6 is 22.2 Å². The third-order valence-corrected chi connectivity index (χ3v) is 22.0. The van der Waals surface area contributed by atoms with E-state index < -0.39 is 10.9 Å². The maximum atomic E-state index is 14.2. The summed E-state index contributed by atoms with van der Waals surface area (Å²) in [4.78, 5) is 89.6. The van der Waals surface area contributed by atoms with Crippen LogP contribution in [0, 0.1) is 11.8 Å². The molecule has 2 saturated carbocycles. The Morgan fingerprint density at radius 3 is 1.64 bits per heavy atom. The van der Waals surface area contributed by atoms with Crippen molar-refractivity contribution in [1.29, 1.82) is 0 Å². The average Bonchev–Trinajstić information content (AvgIpc) is 4.42. The molecule has 5 aliphatic heterocycles. The summed E-state index contributed by atoms with van der Waals surface area (Å²) < 4.78 is 11.7. The van der Waals surface area contributed by atoms with E-state index in [1.165, 1.54) is 43.4 Å². The highest BCUT2D eigenvalue weighted by Crippen LogP contribution is 2.49. The van der Waals surface area contributed by atoms with Gasteiger partial charge in [-0.3, -0.25) is 43.8 Å². The molecular formula is C65H82N12O6S2. The number of carbonyl (C=O) groups is 4. The largest absolute Gasteiger partial charge is 0.496 e. The Kier molecular flexibility index (Phi) is 18.7. The molecule has 0 radical (unpaired) electrons. The van der Waals surface area contributed by atoms with Crippen molar-refractivity contribution >= 4 is 56.5 Å². The molecule has 12 rings (SSSR count). The molecule has 0 spiro atoms. The number of aromatic nitrogens is 4. The Bertz CT molecular complexity index is 3270. The van der Waals surface area contributed by atoms with E-state index >= 15 is 0 Å². The molecule has 7 aliphatic rings. The summed E-state index contributed by atoms with van der Waals surface area (Å²) in [7, 11) is 4.54. The molecule has 85 heavy (non-hydrogen) atoms. The molecule has 4 saturated heterocycles. The fourth-order valence-electron chi connectivity index (χ4n) is 13.5. The number of allylic oxidation sites excluding steroid dienone is 1. The van der Waals surface area contributed by atoms with Crippen molar-refractivity contribution in [2.24, 2.45) is 11.8 Å². The number of carbonyl (C=O) groups excluding carboxylic acids is 4. The van der Waals surface area contributed by atoms with E-state index in [0.29, 0.717) is 103 Å². The number of rotatable bonds is 18. The van der Waals surface area contributed by atoms with Crippen LogP contribution in [-0.2, 0) is 9.59 Å². The number of hydrogen-bond donors (Lipinski definition) is 3. The van der Waals surface area contributed by atoms with Crippen LogP contribution < -0.4 is 20.1 Å². The molecule has 2 aliphatic carbocycles. The smallest absolute Gasteiger partial charge is 0.257 e. The van der Waals surface area contributed by atoms with Crippen LogP contribution in [0.15, 0.2) is 89.8 Å². The molecular weight excluding hydrogens is 1110 g/mol. The van der Waals surface area contributed by atoms with Crippen LogP contribution in [0.2, 0.25) is 0 Å². The maximum Gasteiger partial charge on any atom is 0.257 e. The van der Waals surface area contributed by atoms with E-state index in [4.69, 9.17) is 24.4 Å². The highest BCUT2D eigenvalue weighted by Gasteiger charge is 2.34. The zero-order valence-corrected chi connectivity index (χ0v) is 51.3. The van der Waals surface area contributed by atoms with Gasteiger partial charge in [-0.2, -0.15) is 10.9 Å². The van der Waals surface area contributed by atoms with E-state index in [-0.39, 0.29) is 23.6 Å². The number of piperidine rings is 2. The lowest BCUT2D eigenvalue weighted by Crippen LogP contribution is -2.54. The lowest BCUT2D eigenvalue weighted by atomic mass is 9.83. The normalized spacial score (nSPS) is 21.3. The zero-order chi connectivity index (χ0) is 58.4. The van der Waals surface area contributed by atoms with Gasteiger partial charge >= 0.3 is 0 Å². The van der Waals surface area contributed by atoms with Crippen molar-refractivity contribution in [3.8, 4) is 44.6 Å². The van der Waals surface area contributed by atoms with Gasteiger partial charge in [0.25, 0.3) is 11.8 Å². The molecule has 6 fully saturated rings. The minimum atomic E-state index is -0.872. The predicted octanol–water partition coefficient (Wildman–Crippen LogP) is 9.10. The van der Waals surface area contributed by atoms with Gasteiger partial charge in [0.2, 0.25) is 11.8 Å². The molecule has 3 aromatic heterocycles. The van der Waals surface area contributed by atoms with E-state index in [0.717, 1.165) is 135 Å². The first-order chi connectivity index (χ1) is 41.5. The number of piperazine rings is 2. The van der Waals surface area contributed by atoms with Crippen molar-refractivity contribution in [3.05, 3.63) is 107 Å². The minimum Gasteiger partial charge on any atom is -0.496 e. The Morgan fingerprint density at radius 2 is 1.09 bits per heavy atom. The van der Waals surface area contributed by atoms with E-state index in [2.05, 4.69) is 53.7 Å². The number of ether oxygens (including phenoxy) is 2. The highest BCUT2D eigenvalue weighted by atomic mass is 32.2. The van der Waals surface area contributed by atoms with Crippen molar-refractivity contribution in [1.82, 2.24) is 54.7 Å². The van der Waals surface area contributed by atoms with E-state index in [1.807, 2.05) is 63.8 Å². The first kappa shape index (κ1) is 58.8. The Hall–Kier alpha value is -6.55. The Balaban J connectivity index is 0.656. The summed E-state index contributed by atoms with van der Waals surface area (Å²) in [6.07, 6.45) is 22.8. The SMILES string of the molecule is COc1cc(-c2cncc(C3=CC(NC(=O)CC4CCCC4)=C[SH]3CN3CCC(N4CCN(C(=O)c5ccc(-c6cncc(-c7cc(NC(=O)CC8CCC8)cs7)n6)cc5OC)CC4)CC3)n2)ccc1C(=O)N1CCN(C2CCN(C)CC2)CC1. The van der Waals surface area contributed by atoms with Crippen molar-refractivity contribution < 1.29 is 28.7 Å². The van der Waals surface area contributed by atoms with Crippen molar-refractivity contribution in [2.75, 3.05) is 111 Å². The van der Waals surface area contributed by atoms with Gasteiger partial charge in [-0.15, -0.1) is 11.3 Å². The lowest BCUT2D eigenvalue weighted by Gasteiger charge is -2.43. The van der Waals surface area contributed by atoms with Crippen molar-refractivity contribution in [3.63, 3.8) is 0 Å². The molecule has 20 heteroatoms. The van der Waals surface area contributed by atoms with Crippen LogP contribution in [-0.4, -0.2) is 191 Å². The lowest BCUT2D eigenvalue weighted by molar-refractivity contribution is -0.121. The van der Waals surface area contributed by atoms with E-state index in [9.17, 15) is 19.2 Å². The maximum absolute atomic E-state index is 14.2. The molecule has 8 heterocycles. The fraction of sp³-hybridized carbons (Fsp3) is 0.508. The van der Waals surface area contributed by atoms with Gasteiger partial charge in [0, 0.05) is 123 Å². The number of thiol groups is 1. The molecule has 1 unspecified atom stereocenters. The number of methoxy groups -OCH3 is 2. The minimum absolute atomic E-state index is 0.0101. The summed E-state index contributed by atoms with van der Waals surface area (Å²) in [5.74, 6) is 2.88. The van der Waals surface area contributed by atoms with Gasteiger partial charge in [0.05, 0.1) is 83.5 Å². The van der Waals surface area contributed by atoms with Crippen LogP contribution in [0.25, 0.3) is 38.0 Å². The quantitative estimate of drug-likeness (QED) is 0.0707. The predicted molar refractivity (Wildman–Crippen MR) is 337 cm³/mol. The second kappa shape index (κ2) is 27.0. The molecule has 450 valence electrons. The first-order valence-electron chi connectivity index (χ1n) is 30.9. The van der Waals surface area contributed by atoms with Crippen LogP contribution in [0.1, 0.15) is 110 Å². The van der Waals surface area contributed by atoms with Gasteiger partial charge in [-0.1, -0.05) is 31.4 Å². The fourth-order valence-corrected chi connectivity index (χ4v) is 16.6. The second-order valence-electron chi connectivity index (χ2n) is 24.3. The summed E-state index contributed by atoms with van der Waals surface area (Å²) in [6, 6.07) is 14.3. The van der Waals surface area contributed by atoms with Crippen LogP contribution in [0.4, 0.5) is 5.69 Å². The highest BCUT2D eigenvalue weighted by molar-refractivity contribution is 8.27. The molecule has 0 bridgehead atoms. The van der Waals surface area contributed by atoms with Crippen LogP contribution in [0.3, 0.4) is 0 Å². The molecule has 18 nitrogen and oxygen atoms in total. The average molecular weight is 1190 g/mol. The number of nitrogens with one attached hydrogen (secondary N) is 2. The number of amides is 4. The number of anilines is 1. The standard InChI is InChI=1S/C65H82N12O6S2/c1-72-19-15-50(16-20-72)74-23-27-76(28-24-74)65(81)53-14-12-47(34-59(53)83-3)55-38-67-40-57(71-55)61-36-49(69-63(79)31-44-7-4-5-8-44)42-85(61)43-73-21-17-51(18-22-73)75-25-29-77(30-26-75)64(80)52-13-11-46(33-58(52)82-2)54-37-66-39-56(70-54)60-35-48(41-84-60)68-62(78)32-45-9-6-10-45/h11-14,33-42,44-45,50-51,85H,4-10,15-32,43H2,1-3H3,(H,68,78)(H,69,79). The molecule has 2 N–H and O–H groups in total. The Morgan fingerprint density at radius 1 is 0.588 bits per heavy atom. The monoisotopic (exact) mass is 1190 g/mol. The third kappa shape index (κ3) is 14.0. The van der Waals surface area contributed by atoms with Gasteiger partial charge in [-0.05, 0) is 125 Å². The number of thiophene rings is 1. The number of hydrogen-bond acceptors (Lipinski definition) is 15. The molecule has 2 aromatic carbocycles. The summed E-state index contributed by atoms with van der Waals surface area (Å²) in [6.45, 7) is 10.2. The third-order valence-electron chi connectivity index (χ3n) is 18.8. The number of benzene rings is 2. The second-order valence-corrected chi connectivity index (χ2v) is 27.2. The zero-order valence-electron chi connectivity index (χ0n) is 49.6. The molecule has 5 aromatic rings. The van der Waals surface area contributed by atoms with Gasteiger partial charge in [0.15, 0.2) is 0 Å². The Labute approximate surface area is 506 Å². The van der Waals surface area contributed by atoms with Gasteiger partial charge < -0.3 is 34.8 Å².